The molecular formula is C9H7BrN2O2S. The number of carbonyl (C=O) groups is 1. The van der Waals surface area contributed by atoms with Gasteiger partial charge in [0, 0.05) is 17.4 Å². The molecule has 0 unspecified atom stereocenters. The Bertz CT molecular complexity index is 448. The van der Waals surface area contributed by atoms with Crippen molar-refractivity contribution in [2.45, 2.75) is 11.4 Å². The number of carbonyl (C=O) groups excluding carboxylic acids is 1. The van der Waals surface area contributed by atoms with Crippen molar-refractivity contribution in [2.75, 3.05) is 7.11 Å². The van der Waals surface area contributed by atoms with E-state index in [-0.39, 0.29) is 5.97 Å². The van der Waals surface area contributed by atoms with Crippen LogP contribution in [0, 0.1) is 0 Å². The number of hydrogen-bond acceptors (Lipinski definition) is 5. The summed E-state index contributed by atoms with van der Waals surface area (Å²) < 4.78 is 5.26. The molecule has 0 amide bonds. The molecule has 0 atom stereocenters. The Morgan fingerprint density at radius 2 is 2.53 bits per heavy atom. The molecule has 1 aromatic rings. The van der Waals surface area contributed by atoms with Crippen LogP contribution in [-0.4, -0.2) is 23.0 Å². The number of fused-ring (bicyclic) bond motifs is 1. The molecule has 2 heterocycles. The zero-order chi connectivity index (χ0) is 10.8. The van der Waals surface area contributed by atoms with Crippen LogP contribution in [0.1, 0.15) is 5.69 Å². The molecule has 4 nitrogen and oxygen atoms in total. The van der Waals surface area contributed by atoms with Gasteiger partial charge in [0.05, 0.1) is 19.0 Å². The summed E-state index contributed by atoms with van der Waals surface area (Å²) in [5, 5.41) is 0.847. The van der Waals surface area contributed by atoms with Crippen LogP contribution in [0.2, 0.25) is 0 Å². The average molecular weight is 287 g/mol. The molecular weight excluding hydrogens is 280 g/mol. The summed E-state index contributed by atoms with van der Waals surface area (Å²) in [7, 11) is 1.36. The first-order chi connectivity index (χ1) is 7.19. The highest BCUT2D eigenvalue weighted by Crippen LogP contribution is 2.37. The second-order valence-electron chi connectivity index (χ2n) is 2.86. The lowest BCUT2D eigenvalue weighted by atomic mass is 10.3. The predicted octanol–water partition coefficient (Wildman–Crippen LogP) is 1.94. The first kappa shape index (κ1) is 10.6. The summed E-state index contributed by atoms with van der Waals surface area (Å²) in [6, 6.07) is 0. The Morgan fingerprint density at radius 1 is 1.73 bits per heavy atom. The normalized spacial score (nSPS) is 16.5. The second kappa shape index (κ2) is 4.32. The number of thioether (sulfide) groups is 1. The Kier molecular flexibility index (Phi) is 3.06. The Hall–Kier alpha value is -0.880. The van der Waals surface area contributed by atoms with Crippen LogP contribution in [0.3, 0.4) is 0 Å². The molecule has 0 fully saturated rings. The minimum atomic E-state index is -0.343. The second-order valence-corrected chi connectivity index (χ2v) is 4.78. The third kappa shape index (κ3) is 2.38. The maximum Gasteiger partial charge on any atom is 0.331 e. The number of esters is 1. The van der Waals surface area contributed by atoms with Gasteiger partial charge < -0.3 is 4.74 Å². The number of rotatable bonds is 1. The van der Waals surface area contributed by atoms with Crippen LogP contribution in [0.4, 0.5) is 0 Å². The highest BCUT2D eigenvalue weighted by molar-refractivity contribution is 9.10. The van der Waals surface area contributed by atoms with Gasteiger partial charge in [-0.2, -0.15) is 0 Å². The number of hydrogen-bond donors (Lipinski definition) is 0. The highest BCUT2D eigenvalue weighted by atomic mass is 79.9. The van der Waals surface area contributed by atoms with Crippen LogP contribution in [0.15, 0.2) is 26.8 Å². The van der Waals surface area contributed by atoms with E-state index in [9.17, 15) is 4.79 Å². The third-order valence-electron chi connectivity index (χ3n) is 1.83. The summed E-state index contributed by atoms with van der Waals surface area (Å²) in [6.45, 7) is 0. The fourth-order valence-electron chi connectivity index (χ4n) is 1.18. The average Bonchev–Trinajstić information content (AvgIpc) is 2.59. The summed E-state index contributed by atoms with van der Waals surface area (Å²) in [5.74, 6) is -0.343. The molecule has 0 N–H and O–H groups in total. The van der Waals surface area contributed by atoms with Crippen LogP contribution >= 0.6 is 27.7 Å². The van der Waals surface area contributed by atoms with E-state index in [0.717, 1.165) is 15.6 Å². The first-order valence-corrected chi connectivity index (χ1v) is 5.78. The van der Waals surface area contributed by atoms with Crippen LogP contribution in [-0.2, 0) is 16.0 Å². The topological polar surface area (TPSA) is 52.1 Å². The van der Waals surface area contributed by atoms with Crippen molar-refractivity contribution in [3.05, 3.63) is 27.5 Å². The quantitative estimate of drug-likeness (QED) is 0.583. The Morgan fingerprint density at radius 3 is 3.27 bits per heavy atom. The molecule has 0 radical (unpaired) electrons. The fraction of sp³-hybridized carbons (Fsp3) is 0.222. The molecule has 15 heavy (non-hydrogen) atoms. The van der Waals surface area contributed by atoms with E-state index in [0.29, 0.717) is 11.0 Å². The summed E-state index contributed by atoms with van der Waals surface area (Å²) >= 11 is 4.70. The molecule has 1 aliphatic rings. The molecule has 0 saturated carbocycles. The van der Waals surface area contributed by atoms with Crippen molar-refractivity contribution in [1.29, 1.82) is 0 Å². The van der Waals surface area contributed by atoms with Crippen LogP contribution in [0.25, 0.3) is 0 Å². The zero-order valence-electron chi connectivity index (χ0n) is 7.86. The molecule has 2 rings (SSSR count). The van der Waals surface area contributed by atoms with Gasteiger partial charge in [-0.25, -0.2) is 9.78 Å². The van der Waals surface area contributed by atoms with Gasteiger partial charge in [-0.1, -0.05) is 11.8 Å². The SMILES string of the molecule is COC(=O)/C=C1\Cc2ncc(Br)nc2S1. The van der Waals surface area contributed by atoms with E-state index in [1.165, 1.54) is 24.9 Å². The molecule has 0 aliphatic carbocycles. The first-order valence-electron chi connectivity index (χ1n) is 4.17. The summed E-state index contributed by atoms with van der Waals surface area (Å²) in [6.07, 6.45) is 3.78. The third-order valence-corrected chi connectivity index (χ3v) is 3.26. The largest absolute Gasteiger partial charge is 0.466 e. The minimum absolute atomic E-state index is 0.343. The smallest absolute Gasteiger partial charge is 0.331 e. The Labute approximate surface area is 99.3 Å². The molecule has 0 bridgehead atoms. The predicted molar refractivity (Wildman–Crippen MR) is 59.4 cm³/mol. The van der Waals surface area contributed by atoms with Gasteiger partial charge in [0.1, 0.15) is 9.63 Å². The van der Waals surface area contributed by atoms with E-state index in [1.54, 1.807) is 6.20 Å². The van der Waals surface area contributed by atoms with Crippen molar-refractivity contribution in [3.63, 3.8) is 0 Å². The summed E-state index contributed by atoms with van der Waals surface area (Å²) in [4.78, 5) is 20.4. The monoisotopic (exact) mass is 286 g/mol. The minimum Gasteiger partial charge on any atom is -0.466 e. The van der Waals surface area contributed by atoms with Crippen molar-refractivity contribution in [1.82, 2.24) is 9.97 Å². The van der Waals surface area contributed by atoms with Gasteiger partial charge >= 0.3 is 5.97 Å². The van der Waals surface area contributed by atoms with E-state index >= 15 is 0 Å². The molecule has 78 valence electrons. The van der Waals surface area contributed by atoms with Crippen molar-refractivity contribution in [3.8, 4) is 0 Å². The van der Waals surface area contributed by atoms with Crippen molar-refractivity contribution < 1.29 is 9.53 Å². The van der Waals surface area contributed by atoms with E-state index < -0.39 is 0 Å². The fourth-order valence-corrected chi connectivity index (χ4v) is 2.57. The van der Waals surface area contributed by atoms with E-state index in [2.05, 4.69) is 30.6 Å². The number of halogens is 1. The number of aromatic nitrogens is 2. The molecule has 0 saturated heterocycles. The maximum atomic E-state index is 11.0. The lowest BCUT2D eigenvalue weighted by Gasteiger charge is -1.93. The van der Waals surface area contributed by atoms with Crippen LogP contribution < -0.4 is 0 Å². The van der Waals surface area contributed by atoms with Gasteiger partial charge in [-0.3, -0.25) is 4.98 Å². The molecule has 0 aromatic carbocycles. The van der Waals surface area contributed by atoms with Crippen LogP contribution in [0.5, 0.6) is 0 Å². The van der Waals surface area contributed by atoms with Gasteiger partial charge in [0.25, 0.3) is 0 Å². The number of ether oxygens (including phenoxy) is 1. The van der Waals surface area contributed by atoms with Crippen molar-refractivity contribution in [2.24, 2.45) is 0 Å². The molecule has 0 spiro atoms. The number of methoxy groups -OCH3 is 1. The lowest BCUT2D eigenvalue weighted by molar-refractivity contribution is -0.134. The van der Waals surface area contributed by atoms with Crippen molar-refractivity contribution >= 4 is 33.7 Å². The maximum absolute atomic E-state index is 11.0. The molecule has 1 aromatic heterocycles. The van der Waals surface area contributed by atoms with Gasteiger partial charge in [-0.05, 0) is 15.9 Å². The van der Waals surface area contributed by atoms with Gasteiger partial charge in [0.2, 0.25) is 0 Å². The zero-order valence-corrected chi connectivity index (χ0v) is 10.3. The molecule has 6 heteroatoms. The lowest BCUT2D eigenvalue weighted by Crippen LogP contribution is -1.95. The Balaban J connectivity index is 2.22. The standard InChI is InChI=1S/C9H7BrN2O2S/c1-14-8(13)3-5-2-6-9(15-5)12-7(10)4-11-6/h3-4H,2H2,1H3/b5-3+. The molecule has 1 aliphatic heterocycles. The van der Waals surface area contributed by atoms with Gasteiger partial charge in [0.15, 0.2) is 0 Å². The number of nitrogens with zero attached hydrogens (tertiary/aromatic N) is 2. The van der Waals surface area contributed by atoms with E-state index in [4.69, 9.17) is 0 Å². The van der Waals surface area contributed by atoms with E-state index in [1.807, 2.05) is 0 Å². The number of allylic oxidation sites excluding steroid dienone is 1. The summed E-state index contributed by atoms with van der Waals surface area (Å²) in [5.41, 5.74) is 0.901. The highest BCUT2D eigenvalue weighted by Gasteiger charge is 2.20. The van der Waals surface area contributed by atoms with Gasteiger partial charge in [-0.15, -0.1) is 0 Å².